The number of nitrogens with one attached hydrogen (secondary N) is 2. The van der Waals surface area contributed by atoms with Gasteiger partial charge < -0.3 is 19.7 Å². The van der Waals surface area contributed by atoms with E-state index in [1.165, 1.54) is 0 Å². The molecule has 118 valence electrons. The van der Waals surface area contributed by atoms with Crippen molar-refractivity contribution in [3.05, 3.63) is 23.4 Å². The maximum absolute atomic E-state index is 8.81. The maximum atomic E-state index is 8.81. The second kappa shape index (κ2) is 6.95. The Morgan fingerprint density at radius 1 is 1.23 bits per heavy atom. The predicted octanol–water partition coefficient (Wildman–Crippen LogP) is 2.90. The van der Waals surface area contributed by atoms with Gasteiger partial charge in [0.2, 0.25) is 0 Å². The largest absolute Gasteiger partial charge is 0.512 e. The summed E-state index contributed by atoms with van der Waals surface area (Å²) in [6.45, 7) is 12.0. The highest BCUT2D eigenvalue weighted by molar-refractivity contribution is 6.61. The molecular weight excluding hydrogens is 277 g/mol. The van der Waals surface area contributed by atoms with E-state index in [-0.39, 0.29) is 16.8 Å². The second-order valence-corrected chi connectivity index (χ2v) is 5.81. The average Bonchev–Trinajstić information content (AvgIpc) is 3.01. The van der Waals surface area contributed by atoms with Gasteiger partial charge in [0, 0.05) is 17.5 Å². The minimum Gasteiger partial charge on any atom is -0.398 e. The topological polar surface area (TPSA) is 81.9 Å². The average molecular weight is 301 g/mol. The Kier molecular flexibility index (Phi) is 5.75. The quantitative estimate of drug-likeness (QED) is 0.511. The van der Waals surface area contributed by atoms with Crippen LogP contribution in [-0.2, 0) is 9.31 Å². The number of rotatable bonds is 3. The van der Waals surface area contributed by atoms with Crippen molar-refractivity contribution in [2.24, 2.45) is 0 Å². The molecule has 1 fully saturated rings. The lowest BCUT2D eigenvalue weighted by molar-refractivity contribution is 0.00578. The summed E-state index contributed by atoms with van der Waals surface area (Å²) in [5.41, 5.74) is 1.07. The summed E-state index contributed by atoms with van der Waals surface area (Å²) in [5, 5.41) is 15.9. The van der Waals surface area contributed by atoms with E-state index in [9.17, 15) is 0 Å². The minimum absolute atomic E-state index is 0.285. The predicted molar refractivity (Wildman–Crippen MR) is 90.2 cm³/mol. The van der Waals surface area contributed by atoms with E-state index >= 15 is 0 Å². The first-order valence-corrected chi connectivity index (χ1v) is 7.46. The van der Waals surface area contributed by atoms with Gasteiger partial charge >= 0.3 is 7.12 Å². The molecule has 2 N–H and O–H groups in total. The molecular formula is C16H24BN3O2. The molecule has 0 aliphatic carbocycles. The van der Waals surface area contributed by atoms with Crippen molar-refractivity contribution in [1.29, 1.82) is 10.7 Å². The fourth-order valence-electron chi connectivity index (χ4n) is 1.90. The van der Waals surface area contributed by atoms with E-state index in [0.29, 0.717) is 0 Å². The Bertz CT molecular complexity index is 581. The van der Waals surface area contributed by atoms with Crippen molar-refractivity contribution >= 4 is 25.0 Å². The molecule has 0 atom stereocenters. The third kappa shape index (κ3) is 3.67. The van der Waals surface area contributed by atoms with Crippen LogP contribution in [-0.4, -0.2) is 29.5 Å². The number of nitrogens with zero attached hydrogens (tertiary/aromatic N) is 1. The Morgan fingerprint density at radius 2 is 1.77 bits per heavy atom. The zero-order valence-corrected chi connectivity index (χ0v) is 14.2. The Hall–Kier alpha value is -1.84. The first-order chi connectivity index (χ1) is 10.3. The molecule has 1 aliphatic rings. The molecule has 6 heteroatoms. The molecule has 0 bridgehead atoms. The molecule has 0 saturated carbocycles. The summed E-state index contributed by atoms with van der Waals surface area (Å²) >= 11 is 0. The molecule has 0 spiro atoms. The molecule has 0 aromatic carbocycles. The van der Waals surface area contributed by atoms with E-state index in [1.807, 2.05) is 59.7 Å². The van der Waals surface area contributed by atoms with Crippen LogP contribution in [0.1, 0.15) is 47.2 Å². The molecule has 0 amide bonds. The van der Waals surface area contributed by atoms with Gasteiger partial charge in [0.25, 0.3) is 0 Å². The number of aromatic amines is 1. The summed E-state index contributed by atoms with van der Waals surface area (Å²) in [6.07, 6.45) is 2.64. The van der Waals surface area contributed by atoms with Gasteiger partial charge in [-0.05, 0) is 45.9 Å². The number of nitriles is 1. The summed E-state index contributed by atoms with van der Waals surface area (Å²) < 4.78 is 11.9. The van der Waals surface area contributed by atoms with Gasteiger partial charge in [-0.1, -0.05) is 13.8 Å². The minimum atomic E-state index is -0.451. The Balaban J connectivity index is 0.00000116. The summed E-state index contributed by atoms with van der Waals surface area (Å²) in [5.74, 6) is 0. The fraction of sp³-hybridized carbons (Fsp3) is 0.500. The Morgan fingerprint density at radius 3 is 2.23 bits per heavy atom. The van der Waals surface area contributed by atoms with Crippen LogP contribution in [0, 0.1) is 16.7 Å². The summed E-state index contributed by atoms with van der Waals surface area (Å²) in [6, 6.07) is 5.64. The van der Waals surface area contributed by atoms with Crippen molar-refractivity contribution in [3.8, 4) is 6.07 Å². The monoisotopic (exact) mass is 301 g/mol. The van der Waals surface area contributed by atoms with E-state index in [4.69, 9.17) is 20.0 Å². The number of H-pyrrole nitrogens is 1. The van der Waals surface area contributed by atoms with E-state index in [0.717, 1.165) is 17.5 Å². The smallest absolute Gasteiger partial charge is 0.398 e. The number of hydrogen-bond acceptors (Lipinski definition) is 4. The molecule has 0 radical (unpaired) electrons. The highest BCUT2D eigenvalue weighted by Crippen LogP contribution is 2.36. The lowest BCUT2D eigenvalue weighted by atomic mass is 9.85. The first-order valence-electron chi connectivity index (χ1n) is 7.46. The summed E-state index contributed by atoms with van der Waals surface area (Å²) in [4.78, 5) is 3.15. The van der Waals surface area contributed by atoms with E-state index in [1.54, 1.807) is 6.08 Å². The van der Waals surface area contributed by atoms with Crippen LogP contribution in [0.15, 0.2) is 17.7 Å². The molecule has 5 nitrogen and oxygen atoms in total. The second-order valence-electron chi connectivity index (χ2n) is 5.81. The van der Waals surface area contributed by atoms with Crippen molar-refractivity contribution in [2.45, 2.75) is 52.7 Å². The maximum Gasteiger partial charge on any atom is 0.512 e. The van der Waals surface area contributed by atoms with Gasteiger partial charge in [0.05, 0.1) is 16.8 Å². The molecule has 2 rings (SSSR count). The van der Waals surface area contributed by atoms with Crippen LogP contribution in [0.2, 0.25) is 0 Å². The third-order valence-electron chi connectivity index (χ3n) is 3.83. The van der Waals surface area contributed by atoms with Gasteiger partial charge in [-0.2, -0.15) is 5.26 Å². The molecule has 22 heavy (non-hydrogen) atoms. The van der Waals surface area contributed by atoms with Gasteiger partial charge in [-0.3, -0.25) is 0 Å². The summed E-state index contributed by atoms with van der Waals surface area (Å²) in [7, 11) is -0.451. The fourth-order valence-corrected chi connectivity index (χ4v) is 1.90. The van der Waals surface area contributed by atoms with Gasteiger partial charge in [-0.25, -0.2) is 0 Å². The number of aromatic nitrogens is 1. The molecule has 1 aliphatic heterocycles. The van der Waals surface area contributed by atoms with Crippen molar-refractivity contribution in [1.82, 2.24) is 4.98 Å². The van der Waals surface area contributed by atoms with Crippen LogP contribution in [0.5, 0.6) is 0 Å². The van der Waals surface area contributed by atoms with Gasteiger partial charge in [0.15, 0.2) is 0 Å². The highest BCUT2D eigenvalue weighted by atomic mass is 16.7. The van der Waals surface area contributed by atoms with E-state index < -0.39 is 7.12 Å². The van der Waals surface area contributed by atoms with Crippen LogP contribution in [0.25, 0.3) is 6.08 Å². The van der Waals surface area contributed by atoms with Crippen LogP contribution >= 0.6 is 0 Å². The van der Waals surface area contributed by atoms with Gasteiger partial charge in [-0.15, -0.1) is 0 Å². The standard InChI is InChI=1S/C14H18BN3O2.C2H6/c1-13(2)14(3,4)20-15(19-13)12-6-5-11(18-12)7-10(8-16)9-17;1-2/h5-8,16,18H,1-4H3;1-2H3/b10-7+,16-8?;. The van der Waals surface area contributed by atoms with Gasteiger partial charge in [0.1, 0.15) is 6.07 Å². The van der Waals surface area contributed by atoms with Crippen molar-refractivity contribution in [3.63, 3.8) is 0 Å². The third-order valence-corrected chi connectivity index (χ3v) is 3.83. The normalized spacial score (nSPS) is 19.1. The number of hydrogen-bond donors (Lipinski definition) is 2. The molecule has 2 heterocycles. The lowest BCUT2D eigenvalue weighted by Gasteiger charge is -2.32. The highest BCUT2D eigenvalue weighted by Gasteiger charge is 2.52. The van der Waals surface area contributed by atoms with Crippen molar-refractivity contribution in [2.75, 3.05) is 0 Å². The van der Waals surface area contributed by atoms with Crippen LogP contribution < -0.4 is 5.59 Å². The SMILES string of the molecule is CC.CC1(C)OB(c2ccc(/C=C(/C#N)C=N)[nH]2)OC1(C)C. The van der Waals surface area contributed by atoms with E-state index in [2.05, 4.69) is 4.98 Å². The number of allylic oxidation sites excluding steroid dienone is 1. The zero-order chi connectivity index (χ0) is 17.0. The first kappa shape index (κ1) is 18.2. The molecule has 1 aromatic heterocycles. The Labute approximate surface area is 133 Å². The molecule has 0 unspecified atom stereocenters. The van der Waals surface area contributed by atoms with Crippen LogP contribution in [0.3, 0.4) is 0 Å². The lowest BCUT2D eigenvalue weighted by Crippen LogP contribution is -2.41. The zero-order valence-electron chi connectivity index (χ0n) is 14.2. The molecule has 1 saturated heterocycles. The van der Waals surface area contributed by atoms with Crippen molar-refractivity contribution < 1.29 is 9.31 Å². The molecule has 1 aromatic rings. The van der Waals surface area contributed by atoms with Crippen LogP contribution in [0.4, 0.5) is 0 Å².